The van der Waals surface area contributed by atoms with Gasteiger partial charge in [-0.2, -0.15) is 0 Å². The standard InChI is InChI=1S/C22H13N3O9/c1-34-14-4-2-11(3-5-14)6-15-16-7-12(23(28)29)9-18(22(26)27)20(16)21-17(15)8-13(24(30)31)10-19(21)25(32)33/h2-10H,1H3,(H,26,27)/p-1/b15-6+. The van der Waals surface area contributed by atoms with Crippen molar-refractivity contribution < 1.29 is 29.4 Å². The number of nitrogens with zero attached hydrogens (tertiary/aromatic N) is 3. The number of nitro benzene ring substituents is 3. The Kier molecular flexibility index (Phi) is 5.25. The highest BCUT2D eigenvalue weighted by molar-refractivity contribution is 6.14. The third-order valence-corrected chi connectivity index (χ3v) is 5.32. The van der Waals surface area contributed by atoms with Crippen LogP contribution in [0.4, 0.5) is 17.1 Å². The van der Waals surface area contributed by atoms with E-state index in [2.05, 4.69) is 0 Å². The Balaban J connectivity index is 2.15. The predicted octanol–water partition coefficient (Wildman–Crippen LogP) is 3.35. The Morgan fingerprint density at radius 2 is 1.38 bits per heavy atom. The molecular formula is C22H12N3O9-. The normalized spacial score (nSPS) is 12.7. The minimum atomic E-state index is -1.79. The van der Waals surface area contributed by atoms with Crippen LogP contribution in [0.3, 0.4) is 0 Å². The highest BCUT2D eigenvalue weighted by Gasteiger charge is 2.37. The summed E-state index contributed by atoms with van der Waals surface area (Å²) < 4.78 is 5.10. The minimum absolute atomic E-state index is 0.00261. The van der Waals surface area contributed by atoms with E-state index in [1.54, 1.807) is 24.3 Å². The van der Waals surface area contributed by atoms with Crippen molar-refractivity contribution in [1.29, 1.82) is 0 Å². The van der Waals surface area contributed by atoms with Gasteiger partial charge in [0.1, 0.15) is 5.75 Å². The Morgan fingerprint density at radius 1 is 0.824 bits per heavy atom. The molecule has 1 aliphatic carbocycles. The monoisotopic (exact) mass is 462 g/mol. The zero-order valence-corrected chi connectivity index (χ0v) is 17.2. The topological polar surface area (TPSA) is 179 Å². The predicted molar refractivity (Wildman–Crippen MR) is 116 cm³/mol. The number of hydrogen-bond acceptors (Lipinski definition) is 9. The van der Waals surface area contributed by atoms with E-state index in [9.17, 15) is 40.2 Å². The van der Waals surface area contributed by atoms with E-state index in [0.717, 1.165) is 24.3 Å². The summed E-state index contributed by atoms with van der Waals surface area (Å²) in [4.78, 5) is 44.1. The van der Waals surface area contributed by atoms with Crippen molar-refractivity contribution in [2.45, 2.75) is 0 Å². The first-order valence-corrected chi connectivity index (χ1v) is 9.50. The van der Waals surface area contributed by atoms with Crippen molar-refractivity contribution in [2.24, 2.45) is 0 Å². The molecule has 0 amide bonds. The molecule has 0 aromatic heterocycles. The fourth-order valence-corrected chi connectivity index (χ4v) is 3.88. The Hall–Kier alpha value is -5.13. The van der Waals surface area contributed by atoms with Crippen LogP contribution in [0.2, 0.25) is 0 Å². The summed E-state index contributed by atoms with van der Waals surface area (Å²) in [5.41, 5.74) is -2.22. The highest BCUT2D eigenvalue weighted by atomic mass is 16.6. The third-order valence-electron chi connectivity index (χ3n) is 5.32. The van der Waals surface area contributed by atoms with Gasteiger partial charge < -0.3 is 14.6 Å². The third kappa shape index (κ3) is 3.58. The lowest BCUT2D eigenvalue weighted by molar-refractivity contribution is -0.393. The Labute approximate surface area is 189 Å². The van der Waals surface area contributed by atoms with E-state index in [4.69, 9.17) is 4.74 Å². The maximum Gasteiger partial charge on any atom is 0.284 e. The number of carboxylic acid groups (broad SMARTS) is 1. The van der Waals surface area contributed by atoms with Crippen LogP contribution in [0, 0.1) is 30.3 Å². The molecule has 0 N–H and O–H groups in total. The number of nitro groups is 3. The molecule has 0 radical (unpaired) electrons. The fraction of sp³-hybridized carbons (Fsp3) is 0.0455. The number of hydrogen-bond donors (Lipinski definition) is 0. The first-order valence-electron chi connectivity index (χ1n) is 9.50. The summed E-state index contributed by atoms with van der Waals surface area (Å²) in [7, 11) is 1.47. The zero-order chi connectivity index (χ0) is 24.7. The van der Waals surface area contributed by atoms with Crippen LogP contribution in [0.5, 0.6) is 5.75 Å². The maximum atomic E-state index is 11.9. The van der Waals surface area contributed by atoms with Crippen LogP contribution in [0.1, 0.15) is 27.0 Å². The van der Waals surface area contributed by atoms with Crippen molar-refractivity contribution in [2.75, 3.05) is 7.11 Å². The summed E-state index contributed by atoms with van der Waals surface area (Å²) in [5, 5.41) is 46.6. The molecule has 3 aromatic rings. The lowest BCUT2D eigenvalue weighted by Crippen LogP contribution is -2.23. The molecule has 4 rings (SSSR count). The lowest BCUT2D eigenvalue weighted by atomic mass is 9.96. The number of aromatic carboxylic acids is 1. The van der Waals surface area contributed by atoms with Gasteiger partial charge in [0, 0.05) is 34.9 Å². The number of rotatable bonds is 6. The SMILES string of the molecule is COc1ccc(/C=C2\c3cc([N+](=O)[O-])cc(C(=O)[O-])c3-c3c2cc([N+](=O)[O-])cc3[N+](=O)[O-])cc1. The number of carbonyl (C=O) groups is 1. The van der Waals surface area contributed by atoms with E-state index in [1.165, 1.54) is 13.2 Å². The van der Waals surface area contributed by atoms with E-state index >= 15 is 0 Å². The van der Waals surface area contributed by atoms with Gasteiger partial charge in [0.15, 0.2) is 0 Å². The van der Waals surface area contributed by atoms with Gasteiger partial charge in [-0.05, 0) is 34.9 Å². The van der Waals surface area contributed by atoms with Crippen LogP contribution < -0.4 is 9.84 Å². The number of fused-ring (bicyclic) bond motifs is 3. The van der Waals surface area contributed by atoms with E-state index in [1.807, 2.05) is 0 Å². The summed E-state index contributed by atoms with van der Waals surface area (Å²) >= 11 is 0. The number of benzene rings is 3. The van der Waals surface area contributed by atoms with Gasteiger partial charge >= 0.3 is 0 Å². The summed E-state index contributed by atoms with van der Waals surface area (Å²) in [6, 6.07) is 10.1. The van der Waals surface area contributed by atoms with Crippen LogP contribution in [-0.4, -0.2) is 27.8 Å². The molecule has 1 aliphatic rings. The summed E-state index contributed by atoms with van der Waals surface area (Å²) in [6.45, 7) is 0. The molecule has 0 unspecified atom stereocenters. The van der Waals surface area contributed by atoms with E-state index < -0.39 is 43.4 Å². The lowest BCUT2D eigenvalue weighted by Gasteiger charge is -2.11. The van der Waals surface area contributed by atoms with E-state index in [0.29, 0.717) is 11.3 Å². The van der Waals surface area contributed by atoms with Crippen molar-refractivity contribution >= 4 is 34.7 Å². The maximum absolute atomic E-state index is 11.9. The molecule has 0 saturated carbocycles. The van der Waals surface area contributed by atoms with Gasteiger partial charge in [0.25, 0.3) is 17.1 Å². The number of carboxylic acids is 1. The molecule has 0 spiro atoms. The van der Waals surface area contributed by atoms with Crippen molar-refractivity contribution in [3.05, 3.63) is 101 Å². The smallest absolute Gasteiger partial charge is 0.284 e. The molecule has 0 heterocycles. The average molecular weight is 462 g/mol. The Morgan fingerprint density at radius 3 is 1.88 bits per heavy atom. The molecule has 170 valence electrons. The second-order valence-electron chi connectivity index (χ2n) is 7.19. The summed E-state index contributed by atoms with van der Waals surface area (Å²) in [6.07, 6.45) is 1.50. The molecule has 0 bridgehead atoms. The van der Waals surface area contributed by atoms with Crippen LogP contribution >= 0.6 is 0 Å². The van der Waals surface area contributed by atoms with Gasteiger partial charge in [-0.3, -0.25) is 30.3 Å². The van der Waals surface area contributed by atoms with Crippen LogP contribution in [0.25, 0.3) is 22.8 Å². The number of carbonyl (C=O) groups excluding carboxylic acids is 1. The van der Waals surface area contributed by atoms with Gasteiger partial charge in [-0.1, -0.05) is 12.1 Å². The molecule has 34 heavy (non-hydrogen) atoms. The van der Waals surface area contributed by atoms with Gasteiger partial charge in [-0.25, -0.2) is 0 Å². The molecule has 12 nitrogen and oxygen atoms in total. The van der Waals surface area contributed by atoms with Crippen LogP contribution in [-0.2, 0) is 0 Å². The zero-order valence-electron chi connectivity index (χ0n) is 17.2. The molecule has 12 heteroatoms. The fourth-order valence-electron chi connectivity index (χ4n) is 3.88. The Bertz CT molecular complexity index is 1360. The molecule has 0 fully saturated rings. The van der Waals surface area contributed by atoms with Gasteiger partial charge in [-0.15, -0.1) is 0 Å². The largest absolute Gasteiger partial charge is 0.545 e. The molecule has 0 atom stereocenters. The quantitative estimate of drug-likeness (QED) is 0.307. The average Bonchev–Trinajstić information content (AvgIpc) is 3.11. The number of non-ortho nitro benzene ring substituents is 2. The first-order chi connectivity index (χ1) is 16.1. The first kappa shape index (κ1) is 22.1. The van der Waals surface area contributed by atoms with Crippen molar-refractivity contribution in [3.8, 4) is 16.9 Å². The highest BCUT2D eigenvalue weighted by Crippen LogP contribution is 2.52. The number of methoxy groups -OCH3 is 1. The van der Waals surface area contributed by atoms with Gasteiger partial charge in [0.2, 0.25) is 0 Å². The second-order valence-corrected chi connectivity index (χ2v) is 7.19. The minimum Gasteiger partial charge on any atom is -0.545 e. The van der Waals surface area contributed by atoms with Crippen molar-refractivity contribution in [1.82, 2.24) is 0 Å². The molecule has 0 saturated heterocycles. The molecular weight excluding hydrogens is 450 g/mol. The van der Waals surface area contributed by atoms with Gasteiger partial charge in [0.05, 0.1) is 39.5 Å². The molecule has 0 aliphatic heterocycles. The molecule has 3 aromatic carbocycles. The summed E-state index contributed by atoms with van der Waals surface area (Å²) in [5.74, 6) is -1.25. The van der Waals surface area contributed by atoms with E-state index in [-0.39, 0.29) is 27.8 Å². The van der Waals surface area contributed by atoms with Crippen LogP contribution in [0.15, 0.2) is 48.5 Å². The second kappa shape index (κ2) is 8.09. The van der Waals surface area contributed by atoms with Crippen molar-refractivity contribution in [3.63, 3.8) is 0 Å². The number of ether oxygens (including phenoxy) is 1.